The molecular formula is C19H17F3N2O2S. The van der Waals surface area contributed by atoms with Crippen molar-refractivity contribution in [1.29, 1.82) is 0 Å². The van der Waals surface area contributed by atoms with Gasteiger partial charge in [0.15, 0.2) is 0 Å². The fraction of sp³-hybridized carbons (Fsp3) is 0.263. The molecule has 2 aromatic rings. The van der Waals surface area contributed by atoms with Crippen LogP contribution in [0.15, 0.2) is 47.4 Å². The third kappa shape index (κ3) is 4.82. The van der Waals surface area contributed by atoms with E-state index in [-0.39, 0.29) is 18.0 Å². The summed E-state index contributed by atoms with van der Waals surface area (Å²) in [6.07, 6.45) is -4.53. The molecule has 0 aromatic heterocycles. The third-order valence-corrected chi connectivity index (χ3v) is 5.38. The van der Waals surface area contributed by atoms with Gasteiger partial charge in [-0.3, -0.25) is 9.59 Å². The van der Waals surface area contributed by atoms with Crippen molar-refractivity contribution in [2.75, 3.05) is 5.32 Å². The predicted molar refractivity (Wildman–Crippen MR) is 97.4 cm³/mol. The van der Waals surface area contributed by atoms with Gasteiger partial charge in [-0.2, -0.15) is 13.2 Å². The summed E-state index contributed by atoms with van der Waals surface area (Å²) in [6, 6.07) is 10.9. The van der Waals surface area contributed by atoms with Gasteiger partial charge in [-0.25, -0.2) is 0 Å². The standard InChI is InChI=1S/C19H17F3N2O2S/c1-11-2-4-12(5-3-11)10-23-17(25)9-16-18(26)24-14-8-13(19(20,21)22)6-7-15(14)27-16/h2-8,16H,9-10H2,1H3,(H,23,25)(H,24,26)/t16-/m0/s1. The maximum atomic E-state index is 12.8. The molecule has 1 aliphatic heterocycles. The summed E-state index contributed by atoms with van der Waals surface area (Å²) in [4.78, 5) is 24.8. The van der Waals surface area contributed by atoms with Crippen molar-refractivity contribution in [2.45, 2.75) is 36.2 Å². The van der Waals surface area contributed by atoms with Crippen LogP contribution in [-0.4, -0.2) is 17.1 Å². The van der Waals surface area contributed by atoms with Crippen molar-refractivity contribution in [3.05, 3.63) is 59.2 Å². The maximum absolute atomic E-state index is 12.8. The van der Waals surface area contributed by atoms with E-state index in [4.69, 9.17) is 0 Å². The van der Waals surface area contributed by atoms with Crippen molar-refractivity contribution >= 4 is 29.3 Å². The second-order valence-corrected chi connectivity index (χ2v) is 7.52. The highest BCUT2D eigenvalue weighted by Crippen LogP contribution is 2.40. The zero-order valence-electron chi connectivity index (χ0n) is 14.4. The molecule has 1 heterocycles. The number of alkyl halides is 3. The number of fused-ring (bicyclic) bond motifs is 1. The molecule has 0 aliphatic carbocycles. The SMILES string of the molecule is Cc1ccc(CNC(=O)C[C@@H]2Sc3ccc(C(F)(F)F)cc3NC2=O)cc1. The van der Waals surface area contributed by atoms with Crippen molar-refractivity contribution < 1.29 is 22.8 Å². The fourth-order valence-electron chi connectivity index (χ4n) is 2.61. The van der Waals surface area contributed by atoms with E-state index in [0.717, 1.165) is 35.0 Å². The van der Waals surface area contributed by atoms with Crippen LogP contribution in [0.5, 0.6) is 0 Å². The Bertz CT molecular complexity index is 866. The average molecular weight is 394 g/mol. The summed E-state index contributed by atoms with van der Waals surface area (Å²) < 4.78 is 38.3. The molecule has 142 valence electrons. The number of aryl methyl sites for hydroxylation is 1. The number of hydrogen-bond acceptors (Lipinski definition) is 3. The first-order valence-electron chi connectivity index (χ1n) is 8.23. The van der Waals surface area contributed by atoms with Gasteiger partial charge in [0.05, 0.1) is 16.5 Å². The van der Waals surface area contributed by atoms with Gasteiger partial charge in [0.25, 0.3) is 0 Å². The summed E-state index contributed by atoms with van der Waals surface area (Å²) in [5, 5.41) is 4.54. The Morgan fingerprint density at radius 1 is 1.19 bits per heavy atom. The highest BCUT2D eigenvalue weighted by atomic mass is 32.2. The third-order valence-electron chi connectivity index (χ3n) is 4.11. The lowest BCUT2D eigenvalue weighted by molar-refractivity contribution is -0.137. The summed E-state index contributed by atoms with van der Waals surface area (Å²) in [6.45, 7) is 2.32. The Labute approximate surface area is 158 Å². The number of nitrogens with one attached hydrogen (secondary N) is 2. The van der Waals surface area contributed by atoms with Crippen molar-refractivity contribution in [3.8, 4) is 0 Å². The van der Waals surface area contributed by atoms with E-state index in [1.807, 2.05) is 31.2 Å². The predicted octanol–water partition coefficient (Wildman–Crippen LogP) is 4.13. The minimum Gasteiger partial charge on any atom is -0.352 e. The molecule has 0 bridgehead atoms. The van der Waals surface area contributed by atoms with Crippen LogP contribution < -0.4 is 10.6 Å². The number of benzene rings is 2. The first-order chi connectivity index (χ1) is 12.7. The summed E-state index contributed by atoms with van der Waals surface area (Å²) in [7, 11) is 0. The number of amides is 2. The molecule has 3 rings (SSSR count). The number of hydrogen-bond donors (Lipinski definition) is 2. The molecule has 8 heteroatoms. The quantitative estimate of drug-likeness (QED) is 0.820. The second kappa shape index (κ2) is 7.64. The molecule has 0 spiro atoms. The minimum absolute atomic E-state index is 0.0528. The van der Waals surface area contributed by atoms with Crippen LogP contribution in [0.2, 0.25) is 0 Å². The Morgan fingerprint density at radius 2 is 1.89 bits per heavy atom. The molecule has 0 saturated carbocycles. The fourth-order valence-corrected chi connectivity index (χ4v) is 3.70. The van der Waals surface area contributed by atoms with Crippen LogP contribution in [0.3, 0.4) is 0 Å². The van der Waals surface area contributed by atoms with E-state index in [2.05, 4.69) is 10.6 Å². The highest BCUT2D eigenvalue weighted by Gasteiger charge is 2.34. The van der Waals surface area contributed by atoms with Crippen molar-refractivity contribution in [2.24, 2.45) is 0 Å². The lowest BCUT2D eigenvalue weighted by atomic mass is 10.1. The van der Waals surface area contributed by atoms with E-state index in [1.54, 1.807) is 0 Å². The van der Waals surface area contributed by atoms with Gasteiger partial charge in [0, 0.05) is 17.9 Å². The molecule has 0 radical (unpaired) electrons. The molecule has 4 nitrogen and oxygen atoms in total. The lowest BCUT2D eigenvalue weighted by Crippen LogP contribution is -2.34. The molecule has 2 aromatic carbocycles. The van der Waals surface area contributed by atoms with Gasteiger partial charge in [0.2, 0.25) is 11.8 Å². The number of thioether (sulfide) groups is 1. The Morgan fingerprint density at radius 3 is 2.56 bits per heavy atom. The topological polar surface area (TPSA) is 58.2 Å². The Balaban J connectivity index is 1.60. The maximum Gasteiger partial charge on any atom is 0.416 e. The molecule has 27 heavy (non-hydrogen) atoms. The number of carbonyl (C=O) groups is 2. The number of halogens is 3. The first kappa shape index (κ1) is 19.3. The number of carbonyl (C=O) groups excluding carboxylic acids is 2. The monoisotopic (exact) mass is 394 g/mol. The smallest absolute Gasteiger partial charge is 0.352 e. The first-order valence-corrected chi connectivity index (χ1v) is 9.11. The molecule has 0 unspecified atom stereocenters. The number of rotatable bonds is 4. The van der Waals surface area contributed by atoms with Gasteiger partial charge in [0.1, 0.15) is 0 Å². The molecule has 2 N–H and O–H groups in total. The van der Waals surface area contributed by atoms with Gasteiger partial charge >= 0.3 is 6.18 Å². The van der Waals surface area contributed by atoms with Crippen molar-refractivity contribution in [1.82, 2.24) is 5.32 Å². The van der Waals surface area contributed by atoms with E-state index >= 15 is 0 Å². The molecule has 0 saturated heterocycles. The van der Waals surface area contributed by atoms with Crippen LogP contribution in [-0.2, 0) is 22.3 Å². The lowest BCUT2D eigenvalue weighted by Gasteiger charge is -2.24. The van der Waals surface area contributed by atoms with Crippen LogP contribution in [0.25, 0.3) is 0 Å². The second-order valence-electron chi connectivity index (χ2n) is 6.27. The zero-order chi connectivity index (χ0) is 19.6. The van der Waals surface area contributed by atoms with Crippen LogP contribution in [0, 0.1) is 6.92 Å². The van der Waals surface area contributed by atoms with Gasteiger partial charge in [-0.05, 0) is 30.7 Å². The Hall–Kier alpha value is -2.48. The van der Waals surface area contributed by atoms with Crippen LogP contribution in [0.4, 0.5) is 18.9 Å². The summed E-state index contributed by atoms with van der Waals surface area (Å²) >= 11 is 1.10. The van der Waals surface area contributed by atoms with E-state index in [1.165, 1.54) is 6.07 Å². The average Bonchev–Trinajstić information content (AvgIpc) is 2.60. The highest BCUT2D eigenvalue weighted by molar-refractivity contribution is 8.01. The normalized spacial score (nSPS) is 16.4. The van der Waals surface area contributed by atoms with Gasteiger partial charge < -0.3 is 10.6 Å². The number of anilines is 1. The largest absolute Gasteiger partial charge is 0.416 e. The molecular weight excluding hydrogens is 377 g/mol. The van der Waals surface area contributed by atoms with Gasteiger partial charge in [-0.15, -0.1) is 11.8 Å². The molecule has 0 fully saturated rings. The minimum atomic E-state index is -4.48. The molecule has 2 amide bonds. The van der Waals surface area contributed by atoms with E-state index in [9.17, 15) is 22.8 Å². The zero-order valence-corrected chi connectivity index (χ0v) is 15.2. The summed E-state index contributed by atoms with van der Waals surface area (Å²) in [5.74, 6) is -0.768. The van der Waals surface area contributed by atoms with Crippen LogP contribution >= 0.6 is 11.8 Å². The van der Waals surface area contributed by atoms with E-state index in [0.29, 0.717) is 11.4 Å². The molecule has 1 aliphatic rings. The molecule has 1 atom stereocenters. The van der Waals surface area contributed by atoms with Gasteiger partial charge in [-0.1, -0.05) is 29.8 Å². The summed E-state index contributed by atoms with van der Waals surface area (Å²) in [5.41, 5.74) is 1.36. The Kier molecular flexibility index (Phi) is 5.46. The van der Waals surface area contributed by atoms with Crippen molar-refractivity contribution in [3.63, 3.8) is 0 Å². The van der Waals surface area contributed by atoms with Crippen LogP contribution in [0.1, 0.15) is 23.1 Å². The van der Waals surface area contributed by atoms with E-state index < -0.39 is 22.9 Å².